The second-order valence-electron chi connectivity index (χ2n) is 23.2. The van der Waals surface area contributed by atoms with Crippen LogP contribution in [0.25, 0.3) is 0 Å². The van der Waals surface area contributed by atoms with Crippen LogP contribution in [0.2, 0.25) is 0 Å². The summed E-state index contributed by atoms with van der Waals surface area (Å²) in [6.07, 6.45) is 11.3. The Morgan fingerprint density at radius 2 is 0.298 bits per heavy atom. The topological polar surface area (TPSA) is 433 Å². The van der Waals surface area contributed by atoms with Gasteiger partial charge in [-0.15, -0.1) is 0 Å². The summed E-state index contributed by atoms with van der Waals surface area (Å²) in [4.78, 5) is 38.3. The first-order valence-electron chi connectivity index (χ1n) is 31.8. The number of hydrogen-bond acceptors (Lipinski definition) is 28. The average Bonchev–Trinajstić information content (AvgIpc) is 0.819. The van der Waals surface area contributed by atoms with E-state index in [0.717, 1.165) is 73.4 Å². The third-order valence-corrected chi connectivity index (χ3v) is 17.5. The summed E-state index contributed by atoms with van der Waals surface area (Å²) < 4.78 is 353. The molecule has 9 rings (SSSR count). The van der Waals surface area contributed by atoms with Gasteiger partial charge in [0, 0.05) is 116 Å². The number of pyridine rings is 6. The largest absolute Gasteiger partial charge is 2.00 e. The standard InChI is InChI=1S/C60H60N10.6CHF3O3S.3Zn/c1-4-22-52(40-68(43-55-25-7-13-31-61-55)44-56-26-8-14-32-62-56)49(19-1)37-67(38-50-20-2-5-23-53(50)41-69(45-57-27-9-15-33-63-57)46-58-28-10-16-34-64-58)39-51-21-3-6-24-54(51)42-70(47-59-29-11-17-35-65-59)48-60-30-12-18-36-66-60;6*2-1(3,4)8(5,6)7;;;/h1-36H,37-48H2;6*(H,5,6,7);;;/q;;;;;;;3*+2/p-6. The van der Waals surface area contributed by atoms with Gasteiger partial charge in [0.2, 0.25) is 0 Å². The third-order valence-electron chi connectivity index (χ3n) is 14.1. The molecule has 9 aromatic rings. The molecule has 0 saturated heterocycles. The number of benzene rings is 3. The first-order valence-corrected chi connectivity index (χ1v) is 40.2. The Bertz CT molecular complexity index is 4510. The maximum Gasteiger partial charge on any atom is 2.00 e. The van der Waals surface area contributed by atoms with Crippen LogP contribution < -0.4 is 0 Å². The Hall–Kier alpha value is -7.53. The van der Waals surface area contributed by atoms with Crippen LogP contribution in [-0.4, -0.2) is 160 Å². The molecule has 650 valence electrons. The normalized spacial score (nSPS) is 12.2. The van der Waals surface area contributed by atoms with E-state index >= 15 is 0 Å². The van der Waals surface area contributed by atoms with Crippen LogP contribution in [0.15, 0.2) is 219 Å². The van der Waals surface area contributed by atoms with Crippen molar-refractivity contribution in [1.29, 1.82) is 0 Å². The van der Waals surface area contributed by atoms with Gasteiger partial charge in [0.15, 0.2) is 60.7 Å². The van der Waals surface area contributed by atoms with Crippen LogP contribution in [0.4, 0.5) is 79.0 Å². The molecule has 0 aliphatic heterocycles. The van der Waals surface area contributed by atoms with Crippen molar-refractivity contribution in [2.45, 2.75) is 112 Å². The molecule has 0 spiro atoms. The fourth-order valence-electron chi connectivity index (χ4n) is 9.04. The van der Waals surface area contributed by atoms with Crippen molar-refractivity contribution in [2.24, 2.45) is 0 Å². The van der Waals surface area contributed by atoms with Gasteiger partial charge in [-0.25, -0.2) is 50.5 Å². The van der Waals surface area contributed by atoms with Gasteiger partial charge in [0.1, 0.15) is 0 Å². The number of alkyl halides is 18. The van der Waals surface area contributed by atoms with Gasteiger partial charge in [-0.3, -0.25) is 49.5 Å². The van der Waals surface area contributed by atoms with Crippen molar-refractivity contribution in [3.63, 3.8) is 0 Å². The number of aromatic nitrogens is 6. The summed E-state index contributed by atoms with van der Waals surface area (Å²) in [7, 11) is -36.5. The molecule has 0 atom stereocenters. The van der Waals surface area contributed by atoms with Crippen molar-refractivity contribution < 1.29 is 215 Å². The molecule has 0 amide bonds. The van der Waals surface area contributed by atoms with Gasteiger partial charge < -0.3 is 27.3 Å². The van der Waals surface area contributed by atoms with Crippen LogP contribution in [0.5, 0.6) is 0 Å². The van der Waals surface area contributed by atoms with Crippen molar-refractivity contribution in [3.05, 3.63) is 287 Å². The quantitative estimate of drug-likeness (QED) is 0.0235. The van der Waals surface area contributed by atoms with E-state index in [1.165, 1.54) is 33.4 Å². The number of halogens is 18. The summed E-state index contributed by atoms with van der Waals surface area (Å²) in [5.74, 6) is 0. The minimum Gasteiger partial charge on any atom is -0.741 e. The number of nitrogens with zero attached hydrogens (tertiary/aromatic N) is 10. The summed E-state index contributed by atoms with van der Waals surface area (Å²) in [5.41, 5.74) is -19.9. The van der Waals surface area contributed by atoms with Gasteiger partial charge in [-0.2, -0.15) is 79.0 Å². The zero-order chi connectivity index (χ0) is 89.4. The Kier molecular flexibility index (Phi) is 47.3. The fourth-order valence-corrected chi connectivity index (χ4v) is 9.04. The van der Waals surface area contributed by atoms with Crippen molar-refractivity contribution in [2.75, 3.05) is 0 Å². The second-order valence-corrected chi connectivity index (χ2v) is 31.4. The first kappa shape index (κ1) is 113. The zero-order valence-electron chi connectivity index (χ0n) is 61.5. The Balaban J connectivity index is 0.00000228. The molecule has 0 N–H and O–H groups in total. The fraction of sp³-hybridized carbons (Fsp3) is 0.273. The van der Waals surface area contributed by atoms with Gasteiger partial charge in [-0.05, 0) is 106 Å². The van der Waals surface area contributed by atoms with Gasteiger partial charge in [0.25, 0.3) is 0 Å². The molecule has 0 aliphatic rings. The SMILES string of the molecule is O=S(=O)([O-])C(F)(F)F.O=S(=O)([O-])C(F)(F)F.O=S(=O)([O-])C(F)(F)F.O=S(=O)([O-])C(F)(F)F.O=S(=O)([O-])C(F)(F)F.O=S(=O)([O-])C(F)(F)F.[Zn+2].[Zn+2].[Zn+2].c1ccc(CN(Cc2ccccn2)Cc2ccccc2CN(Cc2ccccc2CN(Cc2ccccn2)Cc2ccccn2)Cc2ccccc2CN(Cc2ccccn2)Cc2ccccn2)nc1. The van der Waals surface area contributed by atoms with Crippen molar-refractivity contribution >= 4 is 60.7 Å². The predicted octanol–water partition coefficient (Wildman–Crippen LogP) is 11.2. The molecular weight excluding hydrogens is 1950 g/mol. The molecule has 0 aliphatic carbocycles. The minimum atomic E-state index is -6.09. The molecule has 6 aromatic heterocycles. The predicted molar refractivity (Wildman–Crippen MR) is 371 cm³/mol. The summed E-state index contributed by atoms with van der Waals surface area (Å²) >= 11 is 0. The van der Waals surface area contributed by atoms with E-state index in [1.54, 1.807) is 0 Å². The molecule has 0 radical (unpaired) electrons. The minimum absolute atomic E-state index is 0. The maximum atomic E-state index is 10.7. The van der Waals surface area contributed by atoms with Crippen molar-refractivity contribution in [1.82, 2.24) is 49.5 Å². The molecule has 28 nitrogen and oxygen atoms in total. The molecule has 0 bridgehead atoms. The third kappa shape index (κ3) is 44.6. The van der Waals surface area contributed by atoms with Gasteiger partial charge in [0.05, 0.1) is 34.2 Å². The average molecular weight is 2010 g/mol. The zero-order valence-corrected chi connectivity index (χ0v) is 75.3. The monoisotopic (exact) mass is 2010 g/mol. The van der Waals surface area contributed by atoms with Crippen LogP contribution in [0.3, 0.4) is 0 Å². The van der Waals surface area contributed by atoms with E-state index in [1.807, 2.05) is 73.6 Å². The molecule has 0 unspecified atom stereocenters. The summed E-state index contributed by atoms with van der Waals surface area (Å²) in [6, 6.07) is 63.7. The summed E-state index contributed by atoms with van der Waals surface area (Å²) in [5, 5.41) is 0. The molecule has 0 fully saturated rings. The number of hydrogen-bond donors (Lipinski definition) is 0. The van der Waals surface area contributed by atoms with Crippen LogP contribution in [0, 0.1) is 0 Å². The van der Waals surface area contributed by atoms with Crippen LogP contribution >= 0.6 is 0 Å². The smallest absolute Gasteiger partial charge is 0.741 e. The van der Waals surface area contributed by atoms with E-state index < -0.39 is 93.8 Å². The maximum absolute atomic E-state index is 10.7. The molecule has 0 saturated carbocycles. The second kappa shape index (κ2) is 50.4. The molecule has 6 heterocycles. The Labute approximate surface area is 718 Å². The Morgan fingerprint density at radius 3 is 0.388 bits per heavy atom. The molecule has 3 aromatic carbocycles. The number of rotatable bonds is 24. The first-order chi connectivity index (χ1) is 54.1. The Morgan fingerprint density at radius 1 is 0.198 bits per heavy atom. The van der Waals surface area contributed by atoms with E-state index in [-0.39, 0.29) is 58.4 Å². The molecule has 121 heavy (non-hydrogen) atoms. The van der Waals surface area contributed by atoms with Gasteiger partial charge in [-0.1, -0.05) is 109 Å². The summed E-state index contributed by atoms with van der Waals surface area (Å²) in [6.45, 7) is 8.71. The van der Waals surface area contributed by atoms with Crippen molar-refractivity contribution in [3.8, 4) is 0 Å². The molecular formula is C66H60F18N10O18S6Zn3. The van der Waals surface area contributed by atoms with Crippen LogP contribution in [-0.2, 0) is 198 Å². The van der Waals surface area contributed by atoms with Crippen LogP contribution in [0.1, 0.15) is 67.5 Å². The van der Waals surface area contributed by atoms with Gasteiger partial charge >= 0.3 is 91.5 Å². The van der Waals surface area contributed by atoms with E-state index in [2.05, 4.69) is 165 Å². The van der Waals surface area contributed by atoms with E-state index in [4.69, 9.17) is 108 Å². The van der Waals surface area contributed by atoms with E-state index in [9.17, 15) is 79.0 Å². The molecule has 55 heteroatoms. The van der Waals surface area contributed by atoms with E-state index in [0.29, 0.717) is 39.3 Å².